The molecule has 5 aromatic carbocycles. The first-order valence-electron chi connectivity index (χ1n) is 16.5. The van der Waals surface area contributed by atoms with Crippen LogP contribution in [0, 0.1) is 6.92 Å². The maximum absolute atomic E-state index is 4.38. The second kappa shape index (κ2) is 12.7. The van der Waals surface area contributed by atoms with Crippen LogP contribution in [-0.4, -0.2) is 0 Å². The van der Waals surface area contributed by atoms with Gasteiger partial charge in [0.25, 0.3) is 0 Å². The van der Waals surface area contributed by atoms with Crippen molar-refractivity contribution in [2.24, 2.45) is 0 Å². The first-order valence-corrected chi connectivity index (χ1v) is 16.5. The third-order valence-corrected chi connectivity index (χ3v) is 9.75. The molecule has 1 unspecified atom stereocenters. The van der Waals surface area contributed by atoms with E-state index in [4.69, 9.17) is 0 Å². The van der Waals surface area contributed by atoms with Gasteiger partial charge < -0.3 is 0 Å². The smallest absolute Gasteiger partial charge is 0.0147 e. The number of hydrogen-bond acceptors (Lipinski definition) is 0. The molecule has 0 nitrogen and oxygen atoms in total. The lowest BCUT2D eigenvalue weighted by Gasteiger charge is -2.30. The van der Waals surface area contributed by atoms with Crippen molar-refractivity contribution in [3.8, 4) is 11.1 Å². The number of fused-ring (bicyclic) bond motifs is 2. The minimum atomic E-state index is -0.0738. The molecule has 0 N–H and O–H groups in total. The van der Waals surface area contributed by atoms with Gasteiger partial charge in [0.2, 0.25) is 0 Å². The lowest BCUT2D eigenvalue weighted by atomic mass is 9.73. The fourth-order valence-electron chi connectivity index (χ4n) is 7.19. The molecular formula is C47H40. The Labute approximate surface area is 279 Å². The van der Waals surface area contributed by atoms with Gasteiger partial charge in [0, 0.05) is 5.41 Å². The summed E-state index contributed by atoms with van der Waals surface area (Å²) in [6.45, 7) is 12.9. The summed E-state index contributed by atoms with van der Waals surface area (Å²) in [5, 5.41) is 5.05. The van der Waals surface area contributed by atoms with E-state index >= 15 is 0 Å². The first kappa shape index (κ1) is 30.2. The molecule has 2 aliphatic rings. The lowest BCUT2D eigenvalue weighted by Crippen LogP contribution is -2.20. The van der Waals surface area contributed by atoms with Gasteiger partial charge in [-0.1, -0.05) is 172 Å². The van der Waals surface area contributed by atoms with E-state index in [0.717, 1.165) is 24.0 Å². The molecule has 0 bridgehead atoms. The summed E-state index contributed by atoms with van der Waals surface area (Å²) in [7, 11) is 0. The quantitative estimate of drug-likeness (QED) is 0.175. The number of allylic oxidation sites excluding steroid dienone is 13. The van der Waals surface area contributed by atoms with Crippen molar-refractivity contribution in [1.82, 2.24) is 0 Å². The Morgan fingerprint density at radius 2 is 1.30 bits per heavy atom. The highest BCUT2D eigenvalue weighted by molar-refractivity contribution is 6.19. The lowest BCUT2D eigenvalue weighted by molar-refractivity contribution is 0.601. The van der Waals surface area contributed by atoms with Crippen LogP contribution < -0.4 is 0 Å². The number of rotatable bonds is 5. The van der Waals surface area contributed by atoms with Crippen molar-refractivity contribution in [1.29, 1.82) is 0 Å². The molecule has 1 atom stereocenters. The molecule has 0 fully saturated rings. The van der Waals surface area contributed by atoms with Crippen LogP contribution in [-0.2, 0) is 5.41 Å². The molecule has 0 aromatic heterocycles. The molecular weight excluding hydrogens is 565 g/mol. The van der Waals surface area contributed by atoms with E-state index < -0.39 is 0 Å². The van der Waals surface area contributed by atoms with Gasteiger partial charge >= 0.3 is 0 Å². The average molecular weight is 605 g/mol. The summed E-state index contributed by atoms with van der Waals surface area (Å²) in [4.78, 5) is 0. The topological polar surface area (TPSA) is 0 Å². The number of benzene rings is 5. The molecule has 0 amide bonds. The second-order valence-corrected chi connectivity index (χ2v) is 12.9. The Kier molecular flexibility index (Phi) is 8.19. The maximum atomic E-state index is 4.38. The molecule has 0 spiro atoms. The van der Waals surface area contributed by atoms with Gasteiger partial charge in [0.05, 0.1) is 0 Å². The minimum Gasteiger partial charge on any atom is -0.0985 e. The molecule has 0 saturated heterocycles. The SMILES string of the molecule is C=Cc1cc(C2=C/C/C=C(c3c4ccccc4c(-c4ccccc4C4(C)C=CC=CC4)c4ccccc34)\C=C/C(=C)/C=C\2)ccc1C. The highest BCUT2D eigenvalue weighted by Crippen LogP contribution is 2.46. The molecule has 228 valence electrons. The van der Waals surface area contributed by atoms with Crippen LogP contribution in [0.4, 0.5) is 0 Å². The Bertz CT molecular complexity index is 2180. The Morgan fingerprint density at radius 3 is 1.96 bits per heavy atom. The van der Waals surface area contributed by atoms with Crippen LogP contribution in [0.5, 0.6) is 0 Å². The molecule has 0 aliphatic heterocycles. The van der Waals surface area contributed by atoms with Gasteiger partial charge in [0.1, 0.15) is 0 Å². The van der Waals surface area contributed by atoms with Crippen LogP contribution in [0.15, 0.2) is 170 Å². The average Bonchev–Trinajstić information content (AvgIpc) is 3.11. The summed E-state index contributed by atoms with van der Waals surface area (Å²) in [5.74, 6) is 0. The van der Waals surface area contributed by atoms with E-state index in [1.165, 1.54) is 66.1 Å². The summed E-state index contributed by atoms with van der Waals surface area (Å²) in [6, 6.07) is 33.5. The third kappa shape index (κ3) is 5.73. The van der Waals surface area contributed by atoms with Crippen molar-refractivity contribution in [3.63, 3.8) is 0 Å². The molecule has 0 heterocycles. The summed E-state index contributed by atoms with van der Waals surface area (Å²) in [6.07, 6.45) is 26.1. The van der Waals surface area contributed by atoms with Crippen molar-refractivity contribution in [2.75, 3.05) is 0 Å². The fraction of sp³-hybridized carbons (Fsp3) is 0.106. The van der Waals surface area contributed by atoms with Gasteiger partial charge in [0.15, 0.2) is 0 Å². The highest BCUT2D eigenvalue weighted by atomic mass is 14.3. The molecule has 47 heavy (non-hydrogen) atoms. The van der Waals surface area contributed by atoms with Crippen LogP contribution in [0.3, 0.4) is 0 Å². The van der Waals surface area contributed by atoms with Crippen LogP contribution in [0.25, 0.3) is 49.9 Å². The Hall–Kier alpha value is -5.46. The van der Waals surface area contributed by atoms with Crippen LogP contribution in [0.1, 0.15) is 47.6 Å². The third-order valence-electron chi connectivity index (χ3n) is 9.75. The predicted octanol–water partition coefficient (Wildman–Crippen LogP) is 12.9. The van der Waals surface area contributed by atoms with E-state index in [1.807, 2.05) is 6.08 Å². The van der Waals surface area contributed by atoms with Gasteiger partial charge in [-0.15, -0.1) is 0 Å². The zero-order chi connectivity index (χ0) is 32.4. The zero-order valence-electron chi connectivity index (χ0n) is 27.3. The summed E-state index contributed by atoms with van der Waals surface area (Å²) < 4.78 is 0. The van der Waals surface area contributed by atoms with Gasteiger partial charge in [-0.3, -0.25) is 0 Å². The van der Waals surface area contributed by atoms with E-state index in [0.29, 0.717) is 0 Å². The van der Waals surface area contributed by atoms with E-state index in [2.05, 4.69) is 179 Å². The fourth-order valence-corrected chi connectivity index (χ4v) is 7.19. The van der Waals surface area contributed by atoms with Crippen LogP contribution >= 0.6 is 0 Å². The van der Waals surface area contributed by atoms with E-state index in [-0.39, 0.29) is 5.41 Å². The normalized spacial score (nSPS) is 21.5. The largest absolute Gasteiger partial charge is 0.0985 e. The molecule has 2 aliphatic carbocycles. The zero-order valence-corrected chi connectivity index (χ0v) is 27.3. The van der Waals surface area contributed by atoms with E-state index in [9.17, 15) is 0 Å². The molecule has 7 rings (SSSR count). The Morgan fingerprint density at radius 1 is 0.681 bits per heavy atom. The monoisotopic (exact) mass is 604 g/mol. The number of hydrogen-bond donors (Lipinski definition) is 0. The van der Waals surface area contributed by atoms with Crippen LogP contribution in [0.2, 0.25) is 0 Å². The molecule has 0 saturated carbocycles. The van der Waals surface area contributed by atoms with Crippen molar-refractivity contribution < 1.29 is 0 Å². The second-order valence-electron chi connectivity index (χ2n) is 12.9. The highest BCUT2D eigenvalue weighted by Gasteiger charge is 2.28. The van der Waals surface area contributed by atoms with Gasteiger partial charge in [-0.25, -0.2) is 0 Å². The van der Waals surface area contributed by atoms with Crippen molar-refractivity contribution >= 4 is 38.8 Å². The van der Waals surface area contributed by atoms with E-state index in [1.54, 1.807) is 0 Å². The summed E-state index contributed by atoms with van der Waals surface area (Å²) >= 11 is 0. The Balaban J connectivity index is 1.44. The standard InChI is InChI=1S/C47H40/c1-5-35-32-38(29-26-34(35)3)36-16-15-17-37(28-25-33(2)24-27-36)45-39-18-7-9-20-41(39)46(42-21-10-8-19-40(42)45)43-22-11-12-23-44(43)47(4)30-13-6-14-31-47/h5-14,16-30,32H,1-2,15,31H2,3-4H3/b27-24-,28-25-,36-16+,37-17+. The maximum Gasteiger partial charge on any atom is 0.0147 e. The van der Waals surface area contributed by atoms with Gasteiger partial charge in [-0.2, -0.15) is 0 Å². The predicted molar refractivity (Wildman–Crippen MR) is 206 cm³/mol. The summed E-state index contributed by atoms with van der Waals surface area (Å²) in [5.41, 5.74) is 12.1. The first-order chi connectivity index (χ1) is 23.0. The molecule has 0 heteroatoms. The number of aryl methyl sites for hydroxylation is 1. The van der Waals surface area contributed by atoms with Gasteiger partial charge in [-0.05, 0) is 103 Å². The molecule has 5 aromatic rings. The molecule has 0 radical (unpaired) electrons. The minimum absolute atomic E-state index is 0.0738. The van der Waals surface area contributed by atoms with Crippen molar-refractivity contribution in [2.45, 2.75) is 32.1 Å². The van der Waals surface area contributed by atoms with Crippen molar-refractivity contribution in [3.05, 3.63) is 198 Å².